The number of piperidine rings is 1. The van der Waals surface area contributed by atoms with Crippen molar-refractivity contribution in [3.63, 3.8) is 0 Å². The zero-order chi connectivity index (χ0) is 20.3. The predicted molar refractivity (Wildman–Crippen MR) is 120 cm³/mol. The van der Waals surface area contributed by atoms with Crippen LogP contribution in [0.3, 0.4) is 0 Å². The van der Waals surface area contributed by atoms with Crippen molar-refractivity contribution in [2.75, 3.05) is 31.5 Å². The zero-order valence-electron chi connectivity index (χ0n) is 17.7. The molecule has 0 atom stereocenters. The van der Waals surface area contributed by atoms with Gasteiger partial charge in [0.1, 0.15) is 0 Å². The Bertz CT molecular complexity index is 872. The lowest BCUT2D eigenvalue weighted by Gasteiger charge is -2.36. The highest BCUT2D eigenvalue weighted by atomic mass is 16.2. The summed E-state index contributed by atoms with van der Waals surface area (Å²) in [6.07, 6.45) is 12.1. The number of rotatable bonds is 3. The van der Waals surface area contributed by atoms with Gasteiger partial charge in [-0.05, 0) is 85.4 Å². The number of likely N-dealkylation sites (tertiary alicyclic amines) is 1. The molecule has 1 aromatic heterocycles. The first-order chi connectivity index (χ1) is 14.8. The normalized spacial score (nSPS) is 20.9. The number of nitrogens with zero attached hydrogens (tertiary/aromatic N) is 3. The van der Waals surface area contributed by atoms with Crippen molar-refractivity contribution in [1.82, 2.24) is 14.8 Å². The van der Waals surface area contributed by atoms with Crippen LogP contribution < -0.4 is 5.32 Å². The minimum atomic E-state index is 0.0350. The van der Waals surface area contributed by atoms with Crippen LogP contribution in [0.5, 0.6) is 0 Å². The summed E-state index contributed by atoms with van der Waals surface area (Å²) in [6.45, 7) is 3.94. The highest BCUT2D eigenvalue weighted by Gasteiger charge is 2.27. The number of carbonyl (C=O) groups excluding carboxylic acids is 1. The number of carbonyl (C=O) groups is 1. The number of nitrogens with one attached hydrogen (secondary N) is 1. The van der Waals surface area contributed by atoms with Gasteiger partial charge in [-0.1, -0.05) is 12.5 Å². The number of amides is 2. The van der Waals surface area contributed by atoms with E-state index in [1.165, 1.54) is 42.5 Å². The average Bonchev–Trinajstić information content (AvgIpc) is 2.96. The first-order valence-corrected chi connectivity index (χ1v) is 11.6. The van der Waals surface area contributed by atoms with Gasteiger partial charge in [0.15, 0.2) is 0 Å². The smallest absolute Gasteiger partial charge is 0.321 e. The number of fused-ring (bicyclic) bond motifs is 1. The van der Waals surface area contributed by atoms with Gasteiger partial charge in [0.25, 0.3) is 0 Å². The van der Waals surface area contributed by atoms with Gasteiger partial charge in [-0.25, -0.2) is 4.79 Å². The van der Waals surface area contributed by atoms with Crippen molar-refractivity contribution in [1.29, 1.82) is 0 Å². The van der Waals surface area contributed by atoms with Crippen molar-refractivity contribution in [3.05, 3.63) is 59.4 Å². The Morgan fingerprint density at radius 3 is 2.33 bits per heavy atom. The largest absolute Gasteiger partial charge is 0.324 e. The molecule has 2 aromatic rings. The Labute approximate surface area is 179 Å². The third-order valence-corrected chi connectivity index (χ3v) is 7.35. The second kappa shape index (κ2) is 8.76. The fourth-order valence-electron chi connectivity index (χ4n) is 5.19. The van der Waals surface area contributed by atoms with E-state index < -0.39 is 0 Å². The summed E-state index contributed by atoms with van der Waals surface area (Å²) in [4.78, 5) is 21.6. The summed E-state index contributed by atoms with van der Waals surface area (Å²) in [5.74, 6) is 0.531. The maximum absolute atomic E-state index is 12.8. The van der Waals surface area contributed by atoms with E-state index in [0.717, 1.165) is 57.0 Å². The molecular formula is C25H32N4O. The molecule has 1 N–H and O–H groups in total. The molecule has 2 amide bonds. The Balaban J connectivity index is 1.17. The Morgan fingerprint density at radius 1 is 0.900 bits per heavy atom. The van der Waals surface area contributed by atoms with Gasteiger partial charge in [-0.15, -0.1) is 0 Å². The van der Waals surface area contributed by atoms with Crippen LogP contribution in [-0.4, -0.2) is 53.0 Å². The fourth-order valence-corrected chi connectivity index (χ4v) is 5.19. The van der Waals surface area contributed by atoms with E-state index in [1.807, 2.05) is 17.3 Å². The minimum absolute atomic E-state index is 0.0350. The number of aromatic nitrogens is 1. The summed E-state index contributed by atoms with van der Waals surface area (Å²) in [5, 5.41) is 3.16. The Morgan fingerprint density at radius 2 is 1.63 bits per heavy atom. The van der Waals surface area contributed by atoms with E-state index >= 15 is 0 Å². The van der Waals surface area contributed by atoms with Gasteiger partial charge in [-0.3, -0.25) is 9.88 Å². The van der Waals surface area contributed by atoms with Gasteiger partial charge < -0.3 is 10.2 Å². The second-order valence-electron chi connectivity index (χ2n) is 9.08. The predicted octanol–water partition coefficient (Wildman–Crippen LogP) is 4.45. The van der Waals surface area contributed by atoms with E-state index in [0.29, 0.717) is 5.92 Å². The van der Waals surface area contributed by atoms with Crippen LogP contribution in [0.25, 0.3) is 0 Å². The molecule has 0 unspecified atom stereocenters. The van der Waals surface area contributed by atoms with Crippen LogP contribution in [0, 0.1) is 0 Å². The molecule has 0 radical (unpaired) electrons. The van der Waals surface area contributed by atoms with Gasteiger partial charge in [-0.2, -0.15) is 0 Å². The van der Waals surface area contributed by atoms with Gasteiger partial charge in [0, 0.05) is 50.3 Å². The van der Waals surface area contributed by atoms with Crippen LogP contribution in [0.1, 0.15) is 54.7 Å². The molecule has 5 heteroatoms. The van der Waals surface area contributed by atoms with Crippen molar-refractivity contribution >= 4 is 11.7 Å². The summed E-state index contributed by atoms with van der Waals surface area (Å²) >= 11 is 0. The first-order valence-electron chi connectivity index (χ1n) is 11.6. The Kier molecular flexibility index (Phi) is 5.71. The zero-order valence-corrected chi connectivity index (χ0v) is 17.7. The summed E-state index contributed by atoms with van der Waals surface area (Å²) in [5.41, 5.74) is 5.14. The van der Waals surface area contributed by atoms with Crippen LogP contribution in [0.2, 0.25) is 0 Å². The molecule has 30 heavy (non-hydrogen) atoms. The lowest BCUT2D eigenvalue weighted by Crippen LogP contribution is -2.41. The number of anilines is 1. The molecule has 2 aliphatic heterocycles. The summed E-state index contributed by atoms with van der Waals surface area (Å²) in [6, 6.07) is 11.6. The van der Waals surface area contributed by atoms with E-state index in [2.05, 4.69) is 45.5 Å². The third-order valence-electron chi connectivity index (χ3n) is 7.35. The molecule has 3 heterocycles. The summed E-state index contributed by atoms with van der Waals surface area (Å²) in [7, 11) is 0. The van der Waals surface area contributed by atoms with Crippen molar-refractivity contribution in [2.45, 2.75) is 56.9 Å². The minimum Gasteiger partial charge on any atom is -0.324 e. The molecule has 3 aliphatic rings. The highest BCUT2D eigenvalue weighted by Crippen LogP contribution is 2.29. The second-order valence-corrected chi connectivity index (χ2v) is 9.08. The number of urea groups is 1. The van der Waals surface area contributed by atoms with Crippen molar-refractivity contribution in [2.24, 2.45) is 0 Å². The standard InChI is InChI=1S/C25H32N4O/c30-25(29-16-9-21(10-17-29)20-6-12-26-13-7-20)27-23-5-4-19-8-14-28(24-2-1-3-24)15-11-22(19)18-23/h4-7,12-13,18,21,24H,1-3,8-11,14-17H2,(H,27,30). The number of benzene rings is 1. The molecule has 1 aromatic carbocycles. The van der Waals surface area contributed by atoms with Gasteiger partial charge in [0.05, 0.1) is 0 Å². The van der Waals surface area contributed by atoms with Gasteiger partial charge >= 0.3 is 6.03 Å². The molecule has 0 bridgehead atoms. The van der Waals surface area contributed by atoms with Crippen molar-refractivity contribution in [3.8, 4) is 0 Å². The molecule has 2 fully saturated rings. The lowest BCUT2D eigenvalue weighted by atomic mass is 9.90. The maximum atomic E-state index is 12.8. The van der Waals surface area contributed by atoms with Crippen LogP contribution in [-0.2, 0) is 12.8 Å². The van der Waals surface area contributed by atoms with E-state index in [9.17, 15) is 4.79 Å². The quantitative estimate of drug-likeness (QED) is 0.822. The SMILES string of the molecule is O=C(Nc1ccc2c(c1)CCN(C1CCC1)CC2)N1CCC(c2ccncc2)CC1. The van der Waals surface area contributed by atoms with E-state index in [1.54, 1.807) is 0 Å². The van der Waals surface area contributed by atoms with E-state index in [-0.39, 0.29) is 6.03 Å². The number of hydrogen-bond acceptors (Lipinski definition) is 3. The Hall–Kier alpha value is -2.40. The van der Waals surface area contributed by atoms with Crippen LogP contribution >= 0.6 is 0 Å². The van der Waals surface area contributed by atoms with Gasteiger partial charge in [0.2, 0.25) is 0 Å². The molecular weight excluding hydrogens is 372 g/mol. The molecule has 5 nitrogen and oxygen atoms in total. The third kappa shape index (κ3) is 4.22. The monoisotopic (exact) mass is 404 g/mol. The van der Waals surface area contributed by atoms with Crippen LogP contribution in [0.4, 0.5) is 10.5 Å². The molecule has 158 valence electrons. The summed E-state index contributed by atoms with van der Waals surface area (Å²) < 4.78 is 0. The average molecular weight is 405 g/mol. The molecule has 1 aliphatic carbocycles. The number of pyridine rings is 1. The first kappa shape index (κ1) is 19.6. The molecule has 0 spiro atoms. The maximum Gasteiger partial charge on any atom is 0.321 e. The molecule has 1 saturated carbocycles. The lowest BCUT2D eigenvalue weighted by molar-refractivity contribution is 0.133. The molecule has 1 saturated heterocycles. The highest BCUT2D eigenvalue weighted by molar-refractivity contribution is 5.89. The molecule has 5 rings (SSSR count). The fraction of sp³-hybridized carbons (Fsp3) is 0.520. The van der Waals surface area contributed by atoms with Crippen LogP contribution in [0.15, 0.2) is 42.7 Å². The number of hydrogen-bond donors (Lipinski definition) is 1. The van der Waals surface area contributed by atoms with Crippen molar-refractivity contribution < 1.29 is 4.79 Å². The van der Waals surface area contributed by atoms with E-state index in [4.69, 9.17) is 0 Å². The topological polar surface area (TPSA) is 48.5 Å².